The number of morpholine rings is 1. The average Bonchev–Trinajstić information content (AvgIpc) is 3.16. The number of likely N-dealkylation sites (tertiary alicyclic amines) is 1. The molecular weight excluding hydrogens is 464 g/mol. The Morgan fingerprint density at radius 3 is 2.33 bits per heavy atom. The van der Waals surface area contributed by atoms with Crippen molar-refractivity contribution in [1.82, 2.24) is 9.80 Å². The summed E-state index contributed by atoms with van der Waals surface area (Å²) in [6.07, 6.45) is 0. The van der Waals surface area contributed by atoms with E-state index in [4.69, 9.17) is 18.9 Å². The van der Waals surface area contributed by atoms with Crippen LogP contribution in [0.5, 0.6) is 17.2 Å². The molecule has 192 valence electrons. The summed E-state index contributed by atoms with van der Waals surface area (Å²) in [7, 11) is 4.63. The zero-order valence-corrected chi connectivity index (χ0v) is 21.1. The lowest BCUT2D eigenvalue weighted by molar-refractivity contribution is -0.140. The summed E-state index contributed by atoms with van der Waals surface area (Å²) in [5.74, 6) is 0.0424. The molecule has 2 aliphatic heterocycles. The SMILES string of the molecule is COc1ccc(/C(O)=C2\C(=O)C(=O)N(CCN3CCOCC3)[C@H]2c2ccc(OC)c(OC)c2)c(C)c1. The number of methoxy groups -OCH3 is 3. The third-order valence-electron chi connectivity index (χ3n) is 6.71. The largest absolute Gasteiger partial charge is 0.507 e. The second-order valence-electron chi connectivity index (χ2n) is 8.74. The van der Waals surface area contributed by atoms with Crippen LogP contribution in [-0.2, 0) is 14.3 Å². The number of carbonyl (C=O) groups excluding carboxylic acids is 2. The van der Waals surface area contributed by atoms with Gasteiger partial charge >= 0.3 is 0 Å². The van der Waals surface area contributed by atoms with Crippen LogP contribution >= 0.6 is 0 Å². The number of nitrogens with zero attached hydrogens (tertiary/aromatic N) is 2. The molecular formula is C27H32N2O7. The molecule has 2 heterocycles. The summed E-state index contributed by atoms with van der Waals surface area (Å²) in [5, 5.41) is 11.4. The van der Waals surface area contributed by atoms with Crippen molar-refractivity contribution in [3.63, 3.8) is 0 Å². The molecule has 2 fully saturated rings. The first-order chi connectivity index (χ1) is 17.4. The van der Waals surface area contributed by atoms with Gasteiger partial charge in [-0.25, -0.2) is 0 Å². The lowest BCUT2D eigenvalue weighted by Gasteiger charge is -2.31. The second kappa shape index (κ2) is 11.0. The predicted octanol–water partition coefficient (Wildman–Crippen LogP) is 2.77. The molecule has 9 nitrogen and oxygen atoms in total. The number of ether oxygens (including phenoxy) is 4. The van der Waals surface area contributed by atoms with Crippen LogP contribution in [0.3, 0.4) is 0 Å². The Morgan fingerprint density at radius 1 is 0.972 bits per heavy atom. The average molecular weight is 497 g/mol. The molecule has 1 amide bonds. The molecule has 0 spiro atoms. The van der Waals surface area contributed by atoms with E-state index in [2.05, 4.69) is 4.90 Å². The van der Waals surface area contributed by atoms with Gasteiger partial charge in [0.25, 0.3) is 11.7 Å². The highest BCUT2D eigenvalue weighted by molar-refractivity contribution is 6.46. The van der Waals surface area contributed by atoms with Crippen LogP contribution in [0.1, 0.15) is 22.7 Å². The van der Waals surface area contributed by atoms with Crippen molar-refractivity contribution in [2.45, 2.75) is 13.0 Å². The van der Waals surface area contributed by atoms with Gasteiger partial charge in [0, 0.05) is 31.7 Å². The molecule has 36 heavy (non-hydrogen) atoms. The summed E-state index contributed by atoms with van der Waals surface area (Å²) >= 11 is 0. The van der Waals surface area contributed by atoms with E-state index in [1.165, 1.54) is 12.0 Å². The zero-order chi connectivity index (χ0) is 25.8. The number of hydrogen-bond acceptors (Lipinski definition) is 8. The van der Waals surface area contributed by atoms with Crippen molar-refractivity contribution < 1.29 is 33.6 Å². The number of carbonyl (C=O) groups is 2. The number of aliphatic hydroxyl groups is 1. The Hall–Kier alpha value is -3.56. The number of aryl methyl sites for hydroxylation is 1. The lowest BCUT2D eigenvalue weighted by Crippen LogP contribution is -2.42. The summed E-state index contributed by atoms with van der Waals surface area (Å²) in [6, 6.07) is 9.65. The van der Waals surface area contributed by atoms with Crippen molar-refractivity contribution >= 4 is 17.4 Å². The monoisotopic (exact) mass is 496 g/mol. The van der Waals surface area contributed by atoms with Gasteiger partial charge in [0.2, 0.25) is 0 Å². The van der Waals surface area contributed by atoms with Gasteiger partial charge in [0.05, 0.1) is 46.2 Å². The van der Waals surface area contributed by atoms with Crippen molar-refractivity contribution in [1.29, 1.82) is 0 Å². The third-order valence-corrected chi connectivity index (χ3v) is 6.71. The molecule has 9 heteroatoms. The van der Waals surface area contributed by atoms with Gasteiger partial charge in [0.1, 0.15) is 11.5 Å². The van der Waals surface area contributed by atoms with E-state index in [9.17, 15) is 14.7 Å². The fourth-order valence-electron chi connectivity index (χ4n) is 4.73. The maximum absolute atomic E-state index is 13.4. The Kier molecular flexibility index (Phi) is 7.81. The molecule has 2 saturated heterocycles. The summed E-state index contributed by atoms with van der Waals surface area (Å²) < 4.78 is 21.5. The van der Waals surface area contributed by atoms with Gasteiger partial charge < -0.3 is 29.0 Å². The maximum Gasteiger partial charge on any atom is 0.295 e. The number of aliphatic hydroxyl groups excluding tert-OH is 1. The first-order valence-corrected chi connectivity index (χ1v) is 11.8. The molecule has 0 saturated carbocycles. The topological polar surface area (TPSA) is 97.8 Å². The standard InChI is InChI=1S/C27H32N2O7/c1-17-15-19(33-2)6-7-20(17)25(30)23-24(18-5-8-21(34-3)22(16-18)35-4)29(27(32)26(23)31)10-9-28-11-13-36-14-12-28/h5-8,15-16,24,30H,9-14H2,1-4H3/b25-23+/t24-/m0/s1. The molecule has 0 radical (unpaired) electrons. The highest BCUT2D eigenvalue weighted by Crippen LogP contribution is 2.42. The third kappa shape index (κ3) is 4.89. The van der Waals surface area contributed by atoms with Crippen molar-refractivity contribution in [2.75, 3.05) is 60.7 Å². The number of hydrogen-bond donors (Lipinski definition) is 1. The fraction of sp³-hybridized carbons (Fsp3) is 0.407. The van der Waals surface area contributed by atoms with Gasteiger partial charge in [-0.2, -0.15) is 0 Å². The summed E-state index contributed by atoms with van der Waals surface area (Å²) in [5.41, 5.74) is 1.87. The van der Waals surface area contributed by atoms with Crippen LogP contribution in [0, 0.1) is 6.92 Å². The van der Waals surface area contributed by atoms with E-state index in [1.807, 2.05) is 6.92 Å². The van der Waals surface area contributed by atoms with Gasteiger partial charge in [-0.15, -0.1) is 0 Å². The fourth-order valence-corrected chi connectivity index (χ4v) is 4.73. The van der Waals surface area contributed by atoms with E-state index >= 15 is 0 Å². The second-order valence-corrected chi connectivity index (χ2v) is 8.74. The normalized spacial score (nSPS) is 20.0. The first kappa shape index (κ1) is 25.5. The van der Waals surface area contributed by atoms with Crippen molar-refractivity contribution in [3.8, 4) is 17.2 Å². The molecule has 0 unspecified atom stereocenters. The highest BCUT2D eigenvalue weighted by atomic mass is 16.5. The number of rotatable bonds is 8. The Morgan fingerprint density at radius 2 is 1.69 bits per heavy atom. The van der Waals surface area contributed by atoms with Crippen LogP contribution in [0.25, 0.3) is 5.76 Å². The van der Waals surface area contributed by atoms with Crippen LogP contribution in [0.2, 0.25) is 0 Å². The molecule has 1 atom stereocenters. The van der Waals surface area contributed by atoms with Crippen molar-refractivity contribution in [3.05, 3.63) is 58.7 Å². The predicted molar refractivity (Wildman–Crippen MR) is 134 cm³/mol. The minimum atomic E-state index is -0.785. The highest BCUT2D eigenvalue weighted by Gasteiger charge is 2.46. The maximum atomic E-state index is 13.4. The van der Waals surface area contributed by atoms with Gasteiger partial charge in [-0.05, 0) is 48.4 Å². The number of ketones is 1. The number of amides is 1. The molecule has 0 bridgehead atoms. The van der Waals surface area contributed by atoms with Gasteiger partial charge in [-0.3, -0.25) is 14.5 Å². The minimum absolute atomic E-state index is 0.0439. The van der Waals surface area contributed by atoms with E-state index in [0.717, 1.165) is 18.7 Å². The molecule has 2 aliphatic rings. The molecule has 2 aromatic carbocycles. The molecule has 0 aliphatic carbocycles. The Balaban J connectivity index is 1.80. The van der Waals surface area contributed by atoms with E-state index in [1.54, 1.807) is 50.6 Å². The number of benzene rings is 2. The quantitative estimate of drug-likeness (QED) is 0.339. The lowest BCUT2D eigenvalue weighted by atomic mass is 9.93. The summed E-state index contributed by atoms with van der Waals surface area (Å²) in [4.78, 5) is 30.4. The van der Waals surface area contributed by atoms with E-state index in [-0.39, 0.29) is 11.3 Å². The number of Topliss-reactive ketones (excluding diaryl/α,β-unsaturated/α-hetero) is 1. The van der Waals surface area contributed by atoms with E-state index in [0.29, 0.717) is 54.7 Å². The zero-order valence-electron chi connectivity index (χ0n) is 21.1. The van der Waals surface area contributed by atoms with Gasteiger partial charge in [-0.1, -0.05) is 6.07 Å². The molecule has 4 rings (SSSR count). The van der Waals surface area contributed by atoms with Gasteiger partial charge in [0.15, 0.2) is 11.5 Å². The Bertz CT molecular complexity index is 1170. The van der Waals surface area contributed by atoms with E-state index < -0.39 is 17.7 Å². The van der Waals surface area contributed by atoms with Crippen LogP contribution in [-0.4, -0.2) is 87.3 Å². The molecule has 0 aromatic heterocycles. The van der Waals surface area contributed by atoms with Crippen LogP contribution in [0.4, 0.5) is 0 Å². The first-order valence-electron chi connectivity index (χ1n) is 11.8. The van der Waals surface area contributed by atoms with Crippen LogP contribution < -0.4 is 14.2 Å². The molecule has 1 N–H and O–H groups in total. The van der Waals surface area contributed by atoms with Crippen molar-refractivity contribution in [2.24, 2.45) is 0 Å². The minimum Gasteiger partial charge on any atom is -0.507 e. The Labute approximate surface area is 210 Å². The smallest absolute Gasteiger partial charge is 0.295 e. The van der Waals surface area contributed by atoms with Crippen LogP contribution in [0.15, 0.2) is 42.0 Å². The molecule has 2 aromatic rings. The summed E-state index contributed by atoms with van der Waals surface area (Å²) in [6.45, 7) is 5.51.